The maximum atomic E-state index is 6.29. The van der Waals surface area contributed by atoms with E-state index in [-0.39, 0.29) is 54.9 Å². The fourth-order valence-electron chi connectivity index (χ4n) is 11.6. The first-order chi connectivity index (χ1) is 48.5. The first-order valence-corrected chi connectivity index (χ1v) is 33.9. The Kier molecular flexibility index (Phi) is 22.7. The zero-order chi connectivity index (χ0) is 68.4. The normalized spacial score (nSPS) is 22.4. The van der Waals surface area contributed by atoms with Crippen molar-refractivity contribution in [3.05, 3.63) is 144 Å². The molecule has 15 rings (SSSR count). The molecule has 0 N–H and O–H groups in total. The SMILES string of the molecule is C=CCc1cc(OC)c(OCC2CO2)c(-c2cc(CC3CO3)cc(OC)c2OCC2CO2)c1.C=CCc1cc(OC)c(OCC2CO2)c(-c2cc(CC=C)cc(OC)c2OCC2CO2)c1.COc1cc(CC2CO2)cc(-c2cc(CC3CO3)cc(OC)c2OCC2CO2)c1OCC1CO1. The van der Waals surface area contributed by atoms with Gasteiger partial charge in [0.15, 0.2) is 69.0 Å². The number of rotatable bonds is 39. The number of epoxide rings is 9. The predicted octanol–water partition coefficient (Wildman–Crippen LogP) is 10.8. The van der Waals surface area contributed by atoms with Crippen LogP contribution in [0.25, 0.3) is 33.4 Å². The molecule has 9 aliphatic rings. The molecule has 0 spiro atoms. The third-order valence-corrected chi connectivity index (χ3v) is 17.5. The Hall–Kier alpha value is -8.22. The van der Waals surface area contributed by atoms with Crippen LogP contribution in [0, 0.1) is 0 Å². The van der Waals surface area contributed by atoms with Gasteiger partial charge >= 0.3 is 0 Å². The minimum Gasteiger partial charge on any atom is -0.493 e. The Morgan fingerprint density at radius 1 is 0.263 bits per heavy atom. The third-order valence-electron chi connectivity index (χ3n) is 17.5. The van der Waals surface area contributed by atoms with E-state index in [1.54, 1.807) is 42.7 Å². The van der Waals surface area contributed by atoms with E-state index >= 15 is 0 Å². The van der Waals surface area contributed by atoms with Crippen molar-refractivity contribution in [2.75, 3.05) is 142 Å². The van der Waals surface area contributed by atoms with Crippen LogP contribution in [0.5, 0.6) is 69.0 Å². The average molecular weight is 1360 g/mol. The highest BCUT2D eigenvalue weighted by molar-refractivity contribution is 5.84. The van der Waals surface area contributed by atoms with E-state index in [2.05, 4.69) is 56.1 Å². The molecular formula is C78H90O21. The summed E-state index contributed by atoms with van der Waals surface area (Å²) in [7, 11) is 9.94. The number of ether oxygens (including phenoxy) is 21. The first kappa shape index (κ1) is 69.3. The van der Waals surface area contributed by atoms with Gasteiger partial charge in [0.1, 0.15) is 76.3 Å². The van der Waals surface area contributed by atoms with Crippen LogP contribution in [-0.4, -0.2) is 197 Å². The highest BCUT2D eigenvalue weighted by atomic mass is 16.6. The van der Waals surface area contributed by atoms with E-state index in [1.165, 1.54) is 0 Å². The Morgan fingerprint density at radius 2 is 0.424 bits per heavy atom. The van der Waals surface area contributed by atoms with Crippen LogP contribution < -0.4 is 56.8 Å². The summed E-state index contributed by atoms with van der Waals surface area (Å²) in [5.74, 6) is 8.00. The summed E-state index contributed by atoms with van der Waals surface area (Å²) < 4.78 is 121. The summed E-state index contributed by atoms with van der Waals surface area (Å²) in [5.41, 5.74) is 11.9. The van der Waals surface area contributed by atoms with Crippen LogP contribution in [0.3, 0.4) is 0 Å². The maximum absolute atomic E-state index is 6.29. The van der Waals surface area contributed by atoms with E-state index in [0.29, 0.717) is 154 Å². The van der Waals surface area contributed by atoms with E-state index in [4.69, 9.17) is 99.5 Å². The number of methoxy groups -OCH3 is 6. The molecule has 0 aliphatic carbocycles. The molecule has 0 bridgehead atoms. The minimum atomic E-state index is 0.116. The summed E-state index contributed by atoms with van der Waals surface area (Å²) in [6.45, 7) is 21.1. The summed E-state index contributed by atoms with van der Waals surface area (Å²) in [6, 6.07) is 24.8. The van der Waals surface area contributed by atoms with Crippen molar-refractivity contribution >= 4 is 0 Å². The molecular weight excluding hydrogens is 1270 g/mol. The highest BCUT2D eigenvalue weighted by Gasteiger charge is 2.35. The van der Waals surface area contributed by atoms with Crippen molar-refractivity contribution in [3.63, 3.8) is 0 Å². The van der Waals surface area contributed by atoms with Crippen LogP contribution in [-0.2, 0) is 81.2 Å². The van der Waals surface area contributed by atoms with Crippen LogP contribution >= 0.6 is 0 Å². The van der Waals surface area contributed by atoms with Gasteiger partial charge in [-0.3, -0.25) is 0 Å². The van der Waals surface area contributed by atoms with Gasteiger partial charge in [-0.25, -0.2) is 0 Å². The Morgan fingerprint density at radius 3 is 0.576 bits per heavy atom. The highest BCUT2D eigenvalue weighted by Crippen LogP contribution is 2.52. The van der Waals surface area contributed by atoms with Crippen molar-refractivity contribution in [1.29, 1.82) is 0 Å². The van der Waals surface area contributed by atoms with Crippen LogP contribution in [0.15, 0.2) is 111 Å². The van der Waals surface area contributed by atoms with E-state index in [1.807, 2.05) is 54.6 Å². The molecule has 9 unspecified atom stereocenters. The number of allylic oxidation sites excluding steroid dienone is 3. The number of hydrogen-bond donors (Lipinski definition) is 0. The molecule has 9 saturated heterocycles. The number of hydrogen-bond acceptors (Lipinski definition) is 21. The van der Waals surface area contributed by atoms with Crippen LogP contribution in [0.2, 0.25) is 0 Å². The van der Waals surface area contributed by atoms with Crippen molar-refractivity contribution in [1.82, 2.24) is 0 Å². The summed E-state index contributed by atoms with van der Waals surface area (Å²) in [4.78, 5) is 0. The van der Waals surface area contributed by atoms with Gasteiger partial charge in [-0.2, -0.15) is 0 Å². The molecule has 9 aliphatic heterocycles. The van der Waals surface area contributed by atoms with Gasteiger partial charge in [0.2, 0.25) is 0 Å². The van der Waals surface area contributed by atoms with Crippen molar-refractivity contribution in [2.45, 2.75) is 93.5 Å². The molecule has 0 aromatic heterocycles. The summed E-state index contributed by atoms with van der Waals surface area (Å²) >= 11 is 0. The number of benzene rings is 6. The zero-order valence-corrected chi connectivity index (χ0v) is 57.4. The third kappa shape index (κ3) is 19.2. The summed E-state index contributed by atoms with van der Waals surface area (Å²) in [6.07, 6.45) is 11.6. The van der Waals surface area contributed by atoms with Crippen molar-refractivity contribution in [2.24, 2.45) is 0 Å². The second-order valence-corrected chi connectivity index (χ2v) is 25.6. The van der Waals surface area contributed by atoms with Gasteiger partial charge in [0.25, 0.3) is 0 Å². The van der Waals surface area contributed by atoms with Gasteiger partial charge in [0.05, 0.1) is 120 Å². The molecule has 99 heavy (non-hydrogen) atoms. The quantitative estimate of drug-likeness (QED) is 0.0258. The molecule has 9 heterocycles. The molecule has 0 saturated carbocycles. The fraction of sp³-hybridized carbons (Fsp3) is 0.462. The van der Waals surface area contributed by atoms with E-state index in [0.717, 1.165) is 119 Å². The van der Waals surface area contributed by atoms with Gasteiger partial charge in [-0.1, -0.05) is 18.2 Å². The Labute approximate surface area is 578 Å². The van der Waals surface area contributed by atoms with Crippen LogP contribution in [0.1, 0.15) is 33.4 Å². The molecule has 9 atom stereocenters. The van der Waals surface area contributed by atoms with Crippen molar-refractivity contribution < 1.29 is 99.5 Å². The van der Waals surface area contributed by atoms with Gasteiger partial charge < -0.3 is 99.5 Å². The Bertz CT molecular complexity index is 3630. The lowest BCUT2D eigenvalue weighted by molar-refractivity contribution is 0.249. The lowest BCUT2D eigenvalue weighted by Gasteiger charge is -2.21. The molecule has 6 aromatic rings. The monoisotopic (exact) mass is 1360 g/mol. The molecule has 9 fully saturated rings. The van der Waals surface area contributed by atoms with Gasteiger partial charge in [-0.15, -0.1) is 19.7 Å². The van der Waals surface area contributed by atoms with Gasteiger partial charge in [0, 0.05) is 52.6 Å². The lowest BCUT2D eigenvalue weighted by atomic mass is 9.95. The molecule has 0 amide bonds. The van der Waals surface area contributed by atoms with Gasteiger partial charge in [-0.05, 0) is 125 Å². The zero-order valence-electron chi connectivity index (χ0n) is 57.4. The second-order valence-electron chi connectivity index (χ2n) is 25.6. The first-order valence-electron chi connectivity index (χ1n) is 33.9. The largest absolute Gasteiger partial charge is 0.493 e. The molecule has 6 aromatic carbocycles. The smallest absolute Gasteiger partial charge is 0.169 e. The molecule has 0 radical (unpaired) electrons. The van der Waals surface area contributed by atoms with E-state index in [9.17, 15) is 0 Å². The standard InChI is InChI=1S/C26H30O8.C26H30O7.C26H30O6/c1-27-23-7-15(3-17-9-29-17)5-21(25(23)33-13-19-11-31-19)22-6-16(4-18-10-30-18)8-24(28-2)26(22)34-14-20-12-32-20;1-4-5-16-7-21(25(23(9-16)27-2)32-14-19-12-30-19)22-8-17(6-18-11-29-18)10-24(28-3)26(22)33-15-20-13-31-20;1-5-7-17-9-21(25(23(11-17)27-3)31-15-19-13-29-19)22-10-18(8-6-2)12-24(28-4)26(22)32-16-20-14-30-20/h5-8,17-20H,3-4,9-14H2,1-2H3;4,7-10,18-20H,1,5-6,11-15H2,2-3H3;5-6,9-12,19-20H,1-2,7-8,13-16H2,3-4H3. The molecule has 21 heteroatoms. The van der Waals surface area contributed by atoms with E-state index < -0.39 is 0 Å². The fourth-order valence-corrected chi connectivity index (χ4v) is 11.6. The second kappa shape index (κ2) is 32.4. The van der Waals surface area contributed by atoms with Crippen LogP contribution in [0.4, 0.5) is 0 Å². The van der Waals surface area contributed by atoms with Crippen molar-refractivity contribution in [3.8, 4) is 102 Å². The molecule has 528 valence electrons. The molecule has 21 nitrogen and oxygen atoms in total. The predicted molar refractivity (Wildman–Crippen MR) is 368 cm³/mol. The Balaban J connectivity index is 0.000000133. The summed E-state index contributed by atoms with van der Waals surface area (Å²) in [5, 5.41) is 0. The minimum absolute atomic E-state index is 0.116. The lowest BCUT2D eigenvalue weighted by Crippen LogP contribution is -2.10. The average Bonchev–Trinajstić information content (AvgIpc) is 1.78. The topological polar surface area (TPSA) is 224 Å². The maximum Gasteiger partial charge on any atom is 0.169 e.